The standard InChI is InChI=1S/C22H28N2O2/c1-4-11-20(21(25)23-16(2)18-12-7-5-8-13-18)22(26)24-17(3)19-14-9-6-10-15-19/h5-10,12-17,20H,4,11H2,1-3H3,(H,23,25)(H,24,26)/t16-,17-/m0/s1. The Morgan fingerprint density at radius 1 is 0.769 bits per heavy atom. The number of rotatable bonds is 8. The van der Waals surface area contributed by atoms with E-state index in [2.05, 4.69) is 10.6 Å². The van der Waals surface area contributed by atoms with Crippen molar-refractivity contribution in [2.24, 2.45) is 5.92 Å². The van der Waals surface area contributed by atoms with Gasteiger partial charge < -0.3 is 10.6 Å². The lowest BCUT2D eigenvalue weighted by Gasteiger charge is -2.22. The van der Waals surface area contributed by atoms with E-state index in [0.717, 1.165) is 17.5 Å². The highest BCUT2D eigenvalue weighted by atomic mass is 16.2. The summed E-state index contributed by atoms with van der Waals surface area (Å²) in [5.74, 6) is -1.13. The second-order valence-electron chi connectivity index (χ2n) is 6.62. The van der Waals surface area contributed by atoms with E-state index in [9.17, 15) is 9.59 Å². The number of benzene rings is 2. The summed E-state index contributed by atoms with van der Waals surface area (Å²) in [6, 6.07) is 19.2. The molecule has 0 aromatic heterocycles. The zero-order valence-electron chi connectivity index (χ0n) is 15.7. The summed E-state index contributed by atoms with van der Waals surface area (Å²) in [7, 11) is 0. The van der Waals surface area contributed by atoms with Crippen LogP contribution in [0.15, 0.2) is 60.7 Å². The second-order valence-corrected chi connectivity index (χ2v) is 6.62. The number of carbonyl (C=O) groups excluding carboxylic acids is 2. The molecular formula is C22H28N2O2. The lowest BCUT2D eigenvalue weighted by molar-refractivity contribution is -0.136. The minimum absolute atomic E-state index is 0.137. The molecule has 2 amide bonds. The van der Waals surface area contributed by atoms with Gasteiger partial charge in [0.05, 0.1) is 12.1 Å². The molecule has 4 nitrogen and oxygen atoms in total. The van der Waals surface area contributed by atoms with E-state index in [1.54, 1.807) is 0 Å². The van der Waals surface area contributed by atoms with Crippen molar-refractivity contribution in [2.45, 2.75) is 45.7 Å². The van der Waals surface area contributed by atoms with Crippen molar-refractivity contribution in [3.05, 3.63) is 71.8 Å². The average molecular weight is 352 g/mol. The summed E-state index contributed by atoms with van der Waals surface area (Å²) >= 11 is 0. The summed E-state index contributed by atoms with van der Waals surface area (Å²) in [5, 5.41) is 5.95. The highest BCUT2D eigenvalue weighted by Crippen LogP contribution is 2.17. The smallest absolute Gasteiger partial charge is 0.233 e. The third-order valence-electron chi connectivity index (χ3n) is 4.53. The van der Waals surface area contributed by atoms with Gasteiger partial charge in [0, 0.05) is 0 Å². The van der Waals surface area contributed by atoms with Crippen LogP contribution in [0.2, 0.25) is 0 Å². The number of nitrogens with one attached hydrogen (secondary N) is 2. The summed E-state index contributed by atoms with van der Waals surface area (Å²) < 4.78 is 0. The van der Waals surface area contributed by atoms with Crippen molar-refractivity contribution >= 4 is 11.8 Å². The van der Waals surface area contributed by atoms with E-state index >= 15 is 0 Å². The maximum atomic E-state index is 12.7. The Morgan fingerprint density at radius 2 is 1.15 bits per heavy atom. The first kappa shape index (κ1) is 19.7. The topological polar surface area (TPSA) is 58.2 Å². The highest BCUT2D eigenvalue weighted by Gasteiger charge is 2.28. The zero-order valence-corrected chi connectivity index (χ0v) is 15.7. The lowest BCUT2D eigenvalue weighted by Crippen LogP contribution is -2.42. The summed E-state index contributed by atoms with van der Waals surface area (Å²) in [5.41, 5.74) is 2.04. The van der Waals surface area contributed by atoms with E-state index in [-0.39, 0.29) is 23.9 Å². The molecule has 2 atom stereocenters. The van der Waals surface area contributed by atoms with E-state index < -0.39 is 5.92 Å². The van der Waals surface area contributed by atoms with Gasteiger partial charge in [0.15, 0.2) is 0 Å². The third-order valence-corrected chi connectivity index (χ3v) is 4.53. The number of hydrogen-bond acceptors (Lipinski definition) is 2. The molecule has 0 radical (unpaired) electrons. The number of amides is 2. The number of hydrogen-bond donors (Lipinski definition) is 2. The van der Waals surface area contributed by atoms with E-state index in [4.69, 9.17) is 0 Å². The molecule has 2 aromatic carbocycles. The Morgan fingerprint density at radius 3 is 1.50 bits per heavy atom. The van der Waals surface area contributed by atoms with Gasteiger partial charge in [-0.1, -0.05) is 74.0 Å². The van der Waals surface area contributed by atoms with E-state index in [0.29, 0.717) is 6.42 Å². The van der Waals surface area contributed by atoms with Crippen LogP contribution >= 0.6 is 0 Å². The molecule has 0 aliphatic heterocycles. The van der Waals surface area contributed by atoms with Crippen LogP contribution in [0.1, 0.15) is 56.8 Å². The maximum Gasteiger partial charge on any atom is 0.233 e. The minimum atomic E-state index is -0.683. The van der Waals surface area contributed by atoms with Crippen molar-refractivity contribution in [1.29, 1.82) is 0 Å². The SMILES string of the molecule is CCCC(C(=O)N[C@@H](C)c1ccccc1)C(=O)N[C@@H](C)c1ccccc1. The molecule has 0 aliphatic rings. The zero-order chi connectivity index (χ0) is 18.9. The predicted molar refractivity (Wildman–Crippen MR) is 104 cm³/mol. The predicted octanol–water partition coefficient (Wildman–Crippen LogP) is 4.16. The molecule has 0 unspecified atom stereocenters. The fraction of sp³-hybridized carbons (Fsp3) is 0.364. The highest BCUT2D eigenvalue weighted by molar-refractivity contribution is 6.00. The molecule has 4 heteroatoms. The van der Waals surface area contributed by atoms with Crippen LogP contribution in [-0.2, 0) is 9.59 Å². The van der Waals surface area contributed by atoms with Gasteiger partial charge >= 0.3 is 0 Å². The van der Waals surface area contributed by atoms with Crippen molar-refractivity contribution in [3.63, 3.8) is 0 Å². The molecule has 0 saturated heterocycles. The second kappa shape index (κ2) is 9.76. The van der Waals surface area contributed by atoms with Crippen LogP contribution in [0.5, 0.6) is 0 Å². The van der Waals surface area contributed by atoms with E-state index in [1.165, 1.54) is 0 Å². The summed E-state index contributed by atoms with van der Waals surface area (Å²) in [6.07, 6.45) is 1.30. The van der Waals surface area contributed by atoms with Gasteiger partial charge in [-0.25, -0.2) is 0 Å². The first-order chi connectivity index (χ1) is 12.5. The largest absolute Gasteiger partial charge is 0.349 e. The molecular weight excluding hydrogens is 324 g/mol. The van der Waals surface area contributed by atoms with Crippen molar-refractivity contribution in [1.82, 2.24) is 10.6 Å². The normalized spacial score (nSPS) is 13.1. The maximum absolute atomic E-state index is 12.7. The molecule has 0 bridgehead atoms. The molecule has 0 fully saturated rings. The molecule has 2 aromatic rings. The summed E-state index contributed by atoms with van der Waals surface area (Å²) in [4.78, 5) is 25.4. The van der Waals surface area contributed by atoms with Crippen molar-refractivity contribution in [2.75, 3.05) is 0 Å². The number of carbonyl (C=O) groups is 2. The third kappa shape index (κ3) is 5.45. The van der Waals surface area contributed by atoms with Crippen LogP contribution in [0.4, 0.5) is 0 Å². The molecule has 2 rings (SSSR count). The average Bonchev–Trinajstić information content (AvgIpc) is 2.67. The first-order valence-electron chi connectivity index (χ1n) is 9.23. The quantitative estimate of drug-likeness (QED) is 0.701. The van der Waals surface area contributed by atoms with Gasteiger partial charge in [0.1, 0.15) is 5.92 Å². The molecule has 0 spiro atoms. The van der Waals surface area contributed by atoms with Gasteiger partial charge in [-0.2, -0.15) is 0 Å². The molecule has 26 heavy (non-hydrogen) atoms. The molecule has 0 aliphatic carbocycles. The van der Waals surface area contributed by atoms with Crippen molar-refractivity contribution in [3.8, 4) is 0 Å². The minimum Gasteiger partial charge on any atom is -0.349 e. The van der Waals surface area contributed by atoms with Gasteiger partial charge in [-0.05, 0) is 31.4 Å². The van der Waals surface area contributed by atoms with Crippen LogP contribution in [-0.4, -0.2) is 11.8 Å². The monoisotopic (exact) mass is 352 g/mol. The lowest BCUT2D eigenvalue weighted by atomic mass is 9.99. The van der Waals surface area contributed by atoms with Gasteiger partial charge in [-0.3, -0.25) is 9.59 Å². The van der Waals surface area contributed by atoms with Crippen LogP contribution in [0, 0.1) is 5.92 Å². The fourth-order valence-corrected chi connectivity index (χ4v) is 2.95. The van der Waals surface area contributed by atoms with Crippen LogP contribution in [0.25, 0.3) is 0 Å². The van der Waals surface area contributed by atoms with Crippen molar-refractivity contribution < 1.29 is 9.59 Å². The first-order valence-corrected chi connectivity index (χ1v) is 9.23. The molecule has 2 N–H and O–H groups in total. The molecule has 0 saturated carbocycles. The van der Waals surface area contributed by atoms with Crippen LogP contribution in [0.3, 0.4) is 0 Å². The Bertz CT molecular complexity index is 641. The molecule has 0 heterocycles. The van der Waals surface area contributed by atoms with Gasteiger partial charge in [0.2, 0.25) is 11.8 Å². The van der Waals surface area contributed by atoms with E-state index in [1.807, 2.05) is 81.4 Å². The summed E-state index contributed by atoms with van der Waals surface area (Å²) in [6.45, 7) is 5.84. The fourth-order valence-electron chi connectivity index (χ4n) is 2.95. The van der Waals surface area contributed by atoms with Crippen LogP contribution < -0.4 is 10.6 Å². The molecule has 138 valence electrons. The Kier molecular flexibility index (Phi) is 7.39. The van der Waals surface area contributed by atoms with Gasteiger partial charge in [0.25, 0.3) is 0 Å². The Labute approximate surface area is 156 Å². The Balaban J connectivity index is 2.02. The van der Waals surface area contributed by atoms with Gasteiger partial charge in [-0.15, -0.1) is 0 Å². The Hall–Kier alpha value is -2.62.